The van der Waals surface area contributed by atoms with E-state index in [2.05, 4.69) is 37.2 Å². The Labute approximate surface area is 247 Å². The zero-order valence-electron chi connectivity index (χ0n) is 25.2. The van der Waals surface area contributed by atoms with Crippen LogP contribution in [0.2, 0.25) is 0 Å². The van der Waals surface area contributed by atoms with E-state index < -0.39 is 12.0 Å². The van der Waals surface area contributed by atoms with E-state index in [9.17, 15) is 14.7 Å². The summed E-state index contributed by atoms with van der Waals surface area (Å²) in [5.41, 5.74) is 4.66. The topological polar surface area (TPSA) is 69.6 Å². The Kier molecular flexibility index (Phi) is 13.0. The fourth-order valence-corrected chi connectivity index (χ4v) is 5.93. The quantitative estimate of drug-likeness (QED) is 0.406. The van der Waals surface area contributed by atoms with Crippen LogP contribution in [-0.4, -0.2) is 52.5 Å². The Morgan fingerprint density at radius 3 is 2.45 bits per heavy atom. The number of aryl methyl sites for hydroxylation is 1. The number of aliphatic carboxylic acids is 1. The number of carbonyl (C=O) groups excluding carboxylic acids is 1. The van der Waals surface area contributed by atoms with Crippen molar-refractivity contribution in [1.82, 2.24) is 10.2 Å². The molecule has 1 saturated carbocycles. The molecule has 204 valence electrons. The SMILES string of the molecule is CSCC[C@H](NC(=O)c1ccc(CN(C)C(C)(C)CC2CCCCC2)cc1-c1ccccc1C)C(=O)O.[H-].[Li+]. The van der Waals surface area contributed by atoms with E-state index in [-0.39, 0.29) is 31.7 Å². The van der Waals surface area contributed by atoms with Crippen LogP contribution in [0.25, 0.3) is 11.1 Å². The first-order valence-corrected chi connectivity index (χ1v) is 14.9. The van der Waals surface area contributed by atoms with Crippen LogP contribution in [0.3, 0.4) is 0 Å². The molecule has 0 radical (unpaired) electrons. The molecule has 38 heavy (non-hydrogen) atoms. The normalized spacial score (nSPS) is 15.1. The first-order chi connectivity index (χ1) is 17.6. The number of thioether (sulfide) groups is 1. The van der Waals surface area contributed by atoms with Crippen molar-refractivity contribution in [3.05, 3.63) is 59.2 Å². The number of carboxylic acids is 1. The van der Waals surface area contributed by atoms with Crippen LogP contribution < -0.4 is 24.2 Å². The summed E-state index contributed by atoms with van der Waals surface area (Å²) < 4.78 is 0. The van der Waals surface area contributed by atoms with Gasteiger partial charge in [-0.1, -0.05) is 62.4 Å². The summed E-state index contributed by atoms with van der Waals surface area (Å²) >= 11 is 1.57. The second-order valence-electron chi connectivity index (χ2n) is 11.2. The van der Waals surface area contributed by atoms with Gasteiger partial charge in [-0.25, -0.2) is 4.79 Å². The Bertz CT molecular complexity index is 1080. The first-order valence-electron chi connectivity index (χ1n) is 13.5. The van der Waals surface area contributed by atoms with Crippen LogP contribution in [0.15, 0.2) is 42.5 Å². The fraction of sp³-hybridized carbons (Fsp3) is 0.548. The molecule has 1 atom stereocenters. The van der Waals surface area contributed by atoms with Gasteiger partial charge in [0.25, 0.3) is 5.91 Å². The minimum atomic E-state index is -1.00. The van der Waals surface area contributed by atoms with Gasteiger partial charge in [0, 0.05) is 17.6 Å². The van der Waals surface area contributed by atoms with Crippen LogP contribution in [0, 0.1) is 12.8 Å². The van der Waals surface area contributed by atoms with Gasteiger partial charge in [0.2, 0.25) is 0 Å². The average molecular weight is 533 g/mol. The molecule has 2 aromatic carbocycles. The fourth-order valence-electron chi connectivity index (χ4n) is 5.46. The maximum absolute atomic E-state index is 13.4. The van der Waals surface area contributed by atoms with Crippen LogP contribution in [0.5, 0.6) is 0 Å². The third-order valence-corrected chi connectivity index (χ3v) is 8.59. The predicted octanol–water partition coefficient (Wildman–Crippen LogP) is 3.90. The summed E-state index contributed by atoms with van der Waals surface area (Å²) in [6.07, 6.45) is 10.3. The second kappa shape index (κ2) is 15.2. The number of hydrogen-bond donors (Lipinski definition) is 2. The molecule has 1 aliphatic rings. The van der Waals surface area contributed by atoms with Gasteiger partial charge in [-0.2, -0.15) is 11.8 Å². The summed E-state index contributed by atoms with van der Waals surface area (Å²) in [7, 11) is 2.19. The molecule has 5 nitrogen and oxygen atoms in total. The van der Waals surface area contributed by atoms with Gasteiger partial charge in [-0.3, -0.25) is 9.69 Å². The Balaban J connectivity index is 0.00000380. The van der Waals surface area contributed by atoms with Crippen molar-refractivity contribution in [2.24, 2.45) is 5.92 Å². The van der Waals surface area contributed by atoms with Crippen molar-refractivity contribution >= 4 is 23.6 Å². The Hall–Kier alpha value is -1.71. The molecule has 1 fully saturated rings. The average Bonchev–Trinajstić information content (AvgIpc) is 2.86. The van der Waals surface area contributed by atoms with Gasteiger partial charge in [-0.05, 0) is 93.0 Å². The van der Waals surface area contributed by atoms with Crippen molar-refractivity contribution in [2.45, 2.75) is 83.8 Å². The van der Waals surface area contributed by atoms with Gasteiger partial charge in [0.05, 0.1) is 0 Å². The van der Waals surface area contributed by atoms with E-state index in [4.69, 9.17) is 0 Å². The largest absolute Gasteiger partial charge is 1.00 e. The zero-order chi connectivity index (χ0) is 27.0. The number of amides is 1. The maximum atomic E-state index is 13.4. The van der Waals surface area contributed by atoms with E-state index in [1.807, 2.05) is 49.6 Å². The number of nitrogens with zero attached hydrogens (tertiary/aromatic N) is 1. The van der Waals surface area contributed by atoms with Gasteiger partial charge in [0.1, 0.15) is 6.04 Å². The van der Waals surface area contributed by atoms with Crippen LogP contribution in [0.1, 0.15) is 81.7 Å². The molecule has 0 aliphatic heterocycles. The summed E-state index contributed by atoms with van der Waals surface area (Å²) in [6, 6.07) is 13.1. The molecule has 0 unspecified atom stereocenters. The van der Waals surface area contributed by atoms with Crippen molar-refractivity contribution < 1.29 is 35.0 Å². The molecule has 0 bridgehead atoms. The van der Waals surface area contributed by atoms with Crippen molar-refractivity contribution in [3.63, 3.8) is 0 Å². The van der Waals surface area contributed by atoms with Crippen LogP contribution >= 0.6 is 11.8 Å². The molecule has 0 saturated heterocycles. The van der Waals surface area contributed by atoms with Crippen molar-refractivity contribution in [3.8, 4) is 11.1 Å². The predicted molar refractivity (Wildman–Crippen MR) is 156 cm³/mol. The molecule has 2 N–H and O–H groups in total. The number of carbonyl (C=O) groups is 2. The van der Waals surface area contributed by atoms with E-state index in [0.29, 0.717) is 17.7 Å². The zero-order valence-corrected chi connectivity index (χ0v) is 25.0. The monoisotopic (exact) mass is 532 g/mol. The van der Waals surface area contributed by atoms with Gasteiger partial charge in [-0.15, -0.1) is 0 Å². The number of rotatable bonds is 12. The van der Waals surface area contributed by atoms with E-state index >= 15 is 0 Å². The number of nitrogens with one attached hydrogen (secondary N) is 1. The standard InChI is InChI=1S/C31H44N2O3S.Li.H/c1-22-11-9-10-14-25(22)27-19-24(21-33(4)31(2,3)20-23-12-7-6-8-13-23)15-16-26(27)29(34)32-28(30(35)36)17-18-37-5;;/h9-11,14-16,19,23,28H,6-8,12-13,17-18,20-21H2,1-5H3,(H,32,34)(H,35,36);;/q;+1;-1/t28-;;/m0../s1. The van der Waals surface area contributed by atoms with Crippen LogP contribution in [-0.2, 0) is 11.3 Å². The molecule has 1 aliphatic carbocycles. The van der Waals surface area contributed by atoms with E-state index in [1.165, 1.54) is 38.5 Å². The van der Waals surface area contributed by atoms with Gasteiger partial charge >= 0.3 is 24.8 Å². The smallest absolute Gasteiger partial charge is 1.00 e. The molecular weight excluding hydrogens is 487 g/mol. The van der Waals surface area contributed by atoms with Gasteiger partial charge < -0.3 is 11.8 Å². The Morgan fingerprint density at radius 2 is 1.82 bits per heavy atom. The summed E-state index contributed by atoms with van der Waals surface area (Å²) in [4.78, 5) is 27.5. The molecule has 1 amide bonds. The third-order valence-electron chi connectivity index (χ3n) is 7.94. The molecule has 7 heteroatoms. The summed E-state index contributed by atoms with van der Waals surface area (Å²) in [5.74, 6) is 0.125. The summed E-state index contributed by atoms with van der Waals surface area (Å²) in [6.45, 7) is 7.51. The van der Waals surface area contributed by atoms with E-state index in [0.717, 1.165) is 34.7 Å². The molecule has 0 spiro atoms. The summed E-state index contributed by atoms with van der Waals surface area (Å²) in [5, 5.41) is 12.4. The first kappa shape index (κ1) is 32.5. The van der Waals surface area contributed by atoms with Crippen LogP contribution in [0.4, 0.5) is 0 Å². The minimum Gasteiger partial charge on any atom is -1.00 e. The molecule has 2 aromatic rings. The Morgan fingerprint density at radius 1 is 1.13 bits per heavy atom. The molecule has 3 rings (SSSR count). The molecule has 0 heterocycles. The van der Waals surface area contributed by atoms with Crippen molar-refractivity contribution in [2.75, 3.05) is 19.1 Å². The maximum Gasteiger partial charge on any atom is 1.00 e. The van der Waals surface area contributed by atoms with Crippen molar-refractivity contribution in [1.29, 1.82) is 0 Å². The number of carboxylic acid groups (broad SMARTS) is 1. The third kappa shape index (κ3) is 8.91. The number of benzene rings is 2. The molecule has 0 aromatic heterocycles. The van der Waals surface area contributed by atoms with Gasteiger partial charge in [0.15, 0.2) is 0 Å². The molecular formula is C31H45LiN2O3S. The van der Waals surface area contributed by atoms with E-state index in [1.54, 1.807) is 11.8 Å². The second-order valence-corrected chi connectivity index (χ2v) is 12.2. The number of hydrogen-bond acceptors (Lipinski definition) is 4. The minimum absolute atomic E-state index is 0.